The van der Waals surface area contributed by atoms with Gasteiger partial charge in [0.1, 0.15) is 0 Å². The second-order valence-electron chi connectivity index (χ2n) is 6.67. The zero-order valence-corrected chi connectivity index (χ0v) is 14.3. The highest BCUT2D eigenvalue weighted by Gasteiger charge is 2.37. The average Bonchev–Trinajstić information content (AvgIpc) is 3.00. The number of nitrogens with one attached hydrogen (secondary N) is 2. The molecule has 0 aromatic heterocycles. The standard InChI is InChI=1S/C18H26N2O2S/c21-18(17-12-15-8-4-5-9-16(15)20-17)19-10-11-23(22)13-14-6-2-1-3-7-14/h1-3,6-7,15-17,20H,4-5,8-13H2,(H,19,21). The van der Waals surface area contributed by atoms with E-state index >= 15 is 0 Å². The summed E-state index contributed by atoms with van der Waals surface area (Å²) < 4.78 is 12.1. The first-order chi connectivity index (χ1) is 11.2. The Bertz CT molecular complexity index is 535. The summed E-state index contributed by atoms with van der Waals surface area (Å²) in [6.07, 6.45) is 6.00. The van der Waals surface area contributed by atoms with Gasteiger partial charge in [0.05, 0.1) is 6.04 Å². The lowest BCUT2D eigenvalue weighted by atomic mass is 9.85. The van der Waals surface area contributed by atoms with Crippen molar-refractivity contribution in [2.75, 3.05) is 12.3 Å². The first kappa shape index (κ1) is 16.7. The molecule has 23 heavy (non-hydrogen) atoms. The van der Waals surface area contributed by atoms with E-state index in [1.807, 2.05) is 30.3 Å². The Kier molecular flexibility index (Phi) is 5.84. The van der Waals surface area contributed by atoms with Crippen molar-refractivity contribution in [2.24, 2.45) is 5.92 Å². The van der Waals surface area contributed by atoms with E-state index in [1.54, 1.807) is 0 Å². The van der Waals surface area contributed by atoms with Crippen LogP contribution in [0.15, 0.2) is 30.3 Å². The monoisotopic (exact) mass is 334 g/mol. The van der Waals surface area contributed by atoms with Crippen molar-refractivity contribution >= 4 is 16.7 Å². The zero-order valence-electron chi connectivity index (χ0n) is 13.5. The predicted molar refractivity (Wildman–Crippen MR) is 93.5 cm³/mol. The van der Waals surface area contributed by atoms with Crippen LogP contribution >= 0.6 is 0 Å². The van der Waals surface area contributed by atoms with E-state index in [4.69, 9.17) is 0 Å². The third kappa shape index (κ3) is 4.64. The summed E-state index contributed by atoms with van der Waals surface area (Å²) in [6.45, 7) is 0.492. The minimum absolute atomic E-state index is 0.0503. The summed E-state index contributed by atoms with van der Waals surface area (Å²) in [6, 6.07) is 10.3. The SMILES string of the molecule is O=C(NCCS(=O)Cc1ccccc1)C1CC2CCCCC2N1. The molecule has 1 heterocycles. The highest BCUT2D eigenvalue weighted by molar-refractivity contribution is 7.84. The second kappa shape index (κ2) is 8.06. The van der Waals surface area contributed by atoms with Crippen LogP contribution in [0.4, 0.5) is 0 Å². The molecule has 1 aromatic carbocycles. The lowest BCUT2D eigenvalue weighted by molar-refractivity contribution is -0.122. The van der Waals surface area contributed by atoms with Gasteiger partial charge in [-0.1, -0.05) is 43.2 Å². The molecule has 2 fully saturated rings. The van der Waals surface area contributed by atoms with E-state index < -0.39 is 10.8 Å². The van der Waals surface area contributed by atoms with Crippen molar-refractivity contribution in [3.8, 4) is 0 Å². The highest BCUT2D eigenvalue weighted by atomic mass is 32.2. The predicted octanol–water partition coefficient (Wildman–Crippen LogP) is 1.97. The van der Waals surface area contributed by atoms with Gasteiger partial charge in [-0.15, -0.1) is 0 Å². The minimum atomic E-state index is -0.931. The minimum Gasteiger partial charge on any atom is -0.354 e. The van der Waals surface area contributed by atoms with Crippen molar-refractivity contribution < 1.29 is 9.00 Å². The van der Waals surface area contributed by atoms with Crippen molar-refractivity contribution in [1.29, 1.82) is 0 Å². The number of hydrogen-bond acceptors (Lipinski definition) is 3. The van der Waals surface area contributed by atoms with Crippen molar-refractivity contribution in [2.45, 2.75) is 49.9 Å². The first-order valence-electron chi connectivity index (χ1n) is 8.65. The van der Waals surface area contributed by atoms with Gasteiger partial charge in [0.2, 0.25) is 5.91 Å². The van der Waals surface area contributed by atoms with Gasteiger partial charge in [-0.3, -0.25) is 9.00 Å². The maximum atomic E-state index is 12.3. The van der Waals surface area contributed by atoms with Crippen molar-refractivity contribution in [1.82, 2.24) is 10.6 Å². The summed E-state index contributed by atoms with van der Waals surface area (Å²) in [5, 5.41) is 6.44. The van der Waals surface area contributed by atoms with E-state index in [9.17, 15) is 9.00 Å². The van der Waals surface area contributed by atoms with Crippen LogP contribution in [0.5, 0.6) is 0 Å². The molecular weight excluding hydrogens is 308 g/mol. The Labute approximate surface area is 140 Å². The molecule has 0 radical (unpaired) electrons. The topological polar surface area (TPSA) is 58.2 Å². The number of carbonyl (C=O) groups is 1. The van der Waals surface area contributed by atoms with Crippen LogP contribution in [-0.4, -0.2) is 34.5 Å². The molecule has 3 rings (SSSR count). The van der Waals surface area contributed by atoms with E-state index in [2.05, 4.69) is 10.6 Å². The van der Waals surface area contributed by atoms with Crippen LogP contribution in [0.2, 0.25) is 0 Å². The molecule has 1 aliphatic heterocycles. The maximum Gasteiger partial charge on any atom is 0.237 e. The van der Waals surface area contributed by atoms with Gasteiger partial charge >= 0.3 is 0 Å². The molecule has 1 aliphatic carbocycles. The third-order valence-corrected chi connectivity index (χ3v) is 6.29. The fraction of sp³-hybridized carbons (Fsp3) is 0.611. The Hall–Kier alpha value is -1.20. The quantitative estimate of drug-likeness (QED) is 0.836. The van der Waals surface area contributed by atoms with E-state index in [0.29, 0.717) is 30.0 Å². The van der Waals surface area contributed by atoms with Crippen LogP contribution < -0.4 is 10.6 Å². The number of amides is 1. The molecule has 1 saturated carbocycles. The second-order valence-corrected chi connectivity index (χ2v) is 8.25. The van der Waals surface area contributed by atoms with Gasteiger partial charge in [0.15, 0.2) is 0 Å². The van der Waals surface area contributed by atoms with Gasteiger partial charge in [-0.2, -0.15) is 0 Å². The van der Waals surface area contributed by atoms with E-state index in [0.717, 1.165) is 12.0 Å². The van der Waals surface area contributed by atoms with Crippen LogP contribution in [0.1, 0.15) is 37.7 Å². The molecule has 4 nitrogen and oxygen atoms in total. The maximum absolute atomic E-state index is 12.3. The van der Waals surface area contributed by atoms with Gasteiger partial charge in [-0.25, -0.2) is 0 Å². The summed E-state index contributed by atoms with van der Waals surface area (Å²) in [5.74, 6) is 1.82. The summed E-state index contributed by atoms with van der Waals surface area (Å²) in [4.78, 5) is 12.3. The van der Waals surface area contributed by atoms with Crippen LogP contribution in [0.3, 0.4) is 0 Å². The molecule has 4 unspecified atom stereocenters. The van der Waals surface area contributed by atoms with Crippen LogP contribution in [0.25, 0.3) is 0 Å². The molecule has 1 aromatic rings. The van der Waals surface area contributed by atoms with Crippen molar-refractivity contribution in [3.63, 3.8) is 0 Å². The molecule has 2 aliphatic rings. The molecular formula is C18H26N2O2S. The molecule has 2 N–H and O–H groups in total. The van der Waals surface area contributed by atoms with Crippen molar-refractivity contribution in [3.05, 3.63) is 35.9 Å². The van der Waals surface area contributed by atoms with Gasteiger partial charge in [0, 0.05) is 34.9 Å². The smallest absolute Gasteiger partial charge is 0.237 e. The zero-order chi connectivity index (χ0) is 16.1. The van der Waals surface area contributed by atoms with E-state index in [1.165, 1.54) is 25.7 Å². The first-order valence-corrected chi connectivity index (χ1v) is 10.1. The summed E-state index contributed by atoms with van der Waals surface area (Å²) >= 11 is 0. The van der Waals surface area contributed by atoms with E-state index in [-0.39, 0.29) is 11.9 Å². The Balaban J connectivity index is 1.37. The highest BCUT2D eigenvalue weighted by Crippen LogP contribution is 2.33. The summed E-state index contributed by atoms with van der Waals surface area (Å²) in [5.41, 5.74) is 1.08. The van der Waals surface area contributed by atoms with Gasteiger partial charge in [0.25, 0.3) is 0 Å². The van der Waals surface area contributed by atoms with Gasteiger partial charge < -0.3 is 10.6 Å². The van der Waals surface area contributed by atoms with Gasteiger partial charge in [-0.05, 0) is 30.7 Å². The largest absolute Gasteiger partial charge is 0.354 e. The average molecular weight is 334 g/mol. The summed E-state index contributed by atoms with van der Waals surface area (Å²) in [7, 11) is -0.931. The third-order valence-electron chi connectivity index (χ3n) is 4.98. The number of benzene rings is 1. The van der Waals surface area contributed by atoms with Crippen LogP contribution in [-0.2, 0) is 21.3 Å². The Morgan fingerprint density at radius 1 is 1.22 bits per heavy atom. The molecule has 126 valence electrons. The molecule has 1 amide bonds. The molecule has 4 atom stereocenters. The lowest BCUT2D eigenvalue weighted by Crippen LogP contribution is -2.44. The molecule has 5 heteroatoms. The molecule has 0 spiro atoms. The number of fused-ring (bicyclic) bond motifs is 1. The Morgan fingerprint density at radius 3 is 2.78 bits per heavy atom. The normalized spacial score (nSPS) is 28.1. The Morgan fingerprint density at radius 2 is 2.00 bits per heavy atom. The number of carbonyl (C=O) groups excluding carboxylic acids is 1. The molecule has 0 bridgehead atoms. The number of rotatable bonds is 6. The van der Waals surface area contributed by atoms with Crippen LogP contribution in [0, 0.1) is 5.92 Å². The fourth-order valence-corrected chi connectivity index (χ4v) is 4.80. The fourth-order valence-electron chi connectivity index (χ4n) is 3.76. The number of hydrogen-bond donors (Lipinski definition) is 2. The molecule has 1 saturated heterocycles. The lowest BCUT2D eigenvalue weighted by Gasteiger charge is -2.24.